The fourth-order valence-corrected chi connectivity index (χ4v) is 2.54. The summed E-state index contributed by atoms with van der Waals surface area (Å²) < 4.78 is 27.0. The van der Waals surface area contributed by atoms with Crippen molar-refractivity contribution in [3.8, 4) is 0 Å². The van der Waals surface area contributed by atoms with Crippen LogP contribution in [0.5, 0.6) is 0 Å². The summed E-state index contributed by atoms with van der Waals surface area (Å²) >= 11 is 0. The number of nitrogens with two attached hydrogens (primary N) is 1. The zero-order chi connectivity index (χ0) is 15.5. The molecule has 0 radical (unpaired) electrons. The molecule has 0 saturated heterocycles. The van der Waals surface area contributed by atoms with Crippen LogP contribution >= 0.6 is 0 Å². The number of benzene rings is 2. The summed E-state index contributed by atoms with van der Waals surface area (Å²) in [6.45, 7) is 1.78. The lowest BCUT2D eigenvalue weighted by Crippen LogP contribution is -2.41. The van der Waals surface area contributed by atoms with E-state index < -0.39 is 17.0 Å². The molecule has 2 rings (SSSR count). The van der Waals surface area contributed by atoms with E-state index in [1.165, 1.54) is 12.1 Å². The molecular weight excluding hydrogens is 272 g/mol. The summed E-state index contributed by atoms with van der Waals surface area (Å²) in [4.78, 5) is 0. The second-order valence-corrected chi connectivity index (χ2v) is 5.40. The predicted octanol–water partition coefficient (Wildman–Crippen LogP) is 2.70. The largest absolute Gasteiger partial charge is 0.395 e. The van der Waals surface area contributed by atoms with Crippen LogP contribution in [0.2, 0.25) is 0 Å². The first-order valence-corrected chi connectivity index (χ1v) is 6.83. The number of aliphatic hydroxyl groups is 1. The fraction of sp³-hybridized carbons (Fsp3) is 0.294. The molecule has 0 saturated carbocycles. The number of hydrogen-bond donors (Lipinski definition) is 2. The minimum atomic E-state index is -0.894. The number of rotatable bonds is 5. The summed E-state index contributed by atoms with van der Waals surface area (Å²) in [6.07, 6.45) is 0.426. The van der Waals surface area contributed by atoms with E-state index in [2.05, 4.69) is 0 Å². The molecule has 21 heavy (non-hydrogen) atoms. The van der Waals surface area contributed by atoms with Crippen molar-refractivity contribution < 1.29 is 13.9 Å². The molecule has 0 fully saturated rings. The first-order chi connectivity index (χ1) is 10.0. The van der Waals surface area contributed by atoms with Crippen LogP contribution in [0.3, 0.4) is 0 Å². The average molecular weight is 291 g/mol. The Bertz CT molecular complexity index is 604. The Hall–Kier alpha value is -1.78. The Kier molecular flexibility index (Phi) is 4.70. The van der Waals surface area contributed by atoms with Crippen molar-refractivity contribution in [2.75, 3.05) is 13.2 Å². The highest BCUT2D eigenvalue weighted by molar-refractivity contribution is 5.34. The van der Waals surface area contributed by atoms with Crippen molar-refractivity contribution >= 4 is 0 Å². The highest BCUT2D eigenvalue weighted by atomic mass is 19.1. The van der Waals surface area contributed by atoms with Gasteiger partial charge in [-0.3, -0.25) is 0 Å². The van der Waals surface area contributed by atoms with Gasteiger partial charge in [0.25, 0.3) is 0 Å². The van der Waals surface area contributed by atoms with Gasteiger partial charge in [0.15, 0.2) is 0 Å². The van der Waals surface area contributed by atoms with E-state index in [9.17, 15) is 13.9 Å². The van der Waals surface area contributed by atoms with Crippen molar-refractivity contribution in [3.63, 3.8) is 0 Å². The van der Waals surface area contributed by atoms with E-state index in [0.717, 1.165) is 17.2 Å². The maximum atomic E-state index is 13.5. The Labute approximate surface area is 123 Å². The molecule has 2 aromatic carbocycles. The molecule has 0 bridgehead atoms. The van der Waals surface area contributed by atoms with Crippen molar-refractivity contribution in [1.82, 2.24) is 0 Å². The summed E-state index contributed by atoms with van der Waals surface area (Å²) in [5.74, 6) is -1.33. The van der Waals surface area contributed by atoms with E-state index in [1.807, 2.05) is 31.2 Å². The van der Waals surface area contributed by atoms with E-state index in [0.29, 0.717) is 12.0 Å². The van der Waals surface area contributed by atoms with Crippen LogP contribution in [0.4, 0.5) is 8.78 Å². The van der Waals surface area contributed by atoms with Crippen LogP contribution in [-0.4, -0.2) is 18.3 Å². The zero-order valence-corrected chi connectivity index (χ0v) is 11.9. The third kappa shape index (κ3) is 3.28. The Balaban J connectivity index is 2.47. The SMILES string of the molecule is Cc1ccccc1CC(CN)(CO)c1cc(F)cc(F)c1. The second-order valence-electron chi connectivity index (χ2n) is 5.40. The smallest absolute Gasteiger partial charge is 0.126 e. The zero-order valence-electron chi connectivity index (χ0n) is 11.9. The summed E-state index contributed by atoms with van der Waals surface area (Å²) in [5.41, 5.74) is 7.39. The predicted molar refractivity (Wildman–Crippen MR) is 79.1 cm³/mol. The summed E-state index contributed by atoms with van der Waals surface area (Å²) in [7, 11) is 0. The van der Waals surface area contributed by atoms with Gasteiger partial charge >= 0.3 is 0 Å². The second kappa shape index (κ2) is 6.33. The molecule has 1 unspecified atom stereocenters. The molecule has 0 heterocycles. The van der Waals surface area contributed by atoms with Crippen molar-refractivity contribution in [2.24, 2.45) is 5.73 Å². The van der Waals surface area contributed by atoms with Crippen molar-refractivity contribution in [3.05, 3.63) is 70.8 Å². The molecule has 4 heteroatoms. The van der Waals surface area contributed by atoms with E-state index >= 15 is 0 Å². The lowest BCUT2D eigenvalue weighted by Gasteiger charge is -2.32. The first kappa shape index (κ1) is 15.6. The van der Waals surface area contributed by atoms with Crippen LogP contribution < -0.4 is 5.73 Å². The molecule has 1 atom stereocenters. The van der Waals surface area contributed by atoms with Crippen LogP contribution in [0.25, 0.3) is 0 Å². The van der Waals surface area contributed by atoms with Gasteiger partial charge in [-0.15, -0.1) is 0 Å². The standard InChI is InChI=1S/C17H19F2NO/c1-12-4-2-3-5-13(12)9-17(10-20,11-21)14-6-15(18)8-16(19)7-14/h2-8,21H,9-11,20H2,1H3. The molecular formula is C17H19F2NO. The highest BCUT2D eigenvalue weighted by Crippen LogP contribution is 2.29. The van der Waals surface area contributed by atoms with Crippen LogP contribution in [0.15, 0.2) is 42.5 Å². The Morgan fingerprint density at radius 3 is 2.24 bits per heavy atom. The van der Waals surface area contributed by atoms with E-state index in [1.54, 1.807) is 0 Å². The minimum absolute atomic E-state index is 0.0979. The monoisotopic (exact) mass is 291 g/mol. The lowest BCUT2D eigenvalue weighted by molar-refractivity contribution is 0.195. The van der Waals surface area contributed by atoms with Gasteiger partial charge in [-0.2, -0.15) is 0 Å². The third-order valence-corrected chi connectivity index (χ3v) is 3.96. The Morgan fingerprint density at radius 1 is 1.10 bits per heavy atom. The van der Waals surface area contributed by atoms with Gasteiger partial charge in [-0.1, -0.05) is 24.3 Å². The van der Waals surface area contributed by atoms with Gasteiger partial charge in [0, 0.05) is 18.0 Å². The molecule has 3 N–H and O–H groups in total. The first-order valence-electron chi connectivity index (χ1n) is 6.83. The van der Waals surface area contributed by atoms with Gasteiger partial charge in [0.1, 0.15) is 11.6 Å². The molecule has 2 nitrogen and oxygen atoms in total. The van der Waals surface area contributed by atoms with Crippen molar-refractivity contribution in [2.45, 2.75) is 18.8 Å². The average Bonchev–Trinajstić information content (AvgIpc) is 2.46. The van der Waals surface area contributed by atoms with Gasteiger partial charge in [0.05, 0.1) is 6.61 Å². The lowest BCUT2D eigenvalue weighted by atomic mass is 9.75. The van der Waals surface area contributed by atoms with Gasteiger partial charge in [0.2, 0.25) is 0 Å². The normalized spacial score (nSPS) is 14.0. The van der Waals surface area contributed by atoms with Gasteiger partial charge in [-0.05, 0) is 42.2 Å². The summed E-state index contributed by atoms with van der Waals surface area (Å²) in [6, 6.07) is 11.0. The fourth-order valence-electron chi connectivity index (χ4n) is 2.54. The molecule has 0 aliphatic heterocycles. The van der Waals surface area contributed by atoms with Gasteiger partial charge < -0.3 is 10.8 Å². The molecule has 0 aromatic heterocycles. The molecule has 112 valence electrons. The molecule has 0 aliphatic rings. The molecule has 0 aliphatic carbocycles. The van der Waals surface area contributed by atoms with Crippen LogP contribution in [0, 0.1) is 18.6 Å². The number of aliphatic hydroxyl groups excluding tert-OH is 1. The number of aryl methyl sites for hydroxylation is 1. The topological polar surface area (TPSA) is 46.2 Å². The molecule has 2 aromatic rings. The molecule has 0 amide bonds. The van der Waals surface area contributed by atoms with E-state index in [4.69, 9.17) is 5.73 Å². The quantitative estimate of drug-likeness (QED) is 0.889. The van der Waals surface area contributed by atoms with Crippen LogP contribution in [0.1, 0.15) is 16.7 Å². The Morgan fingerprint density at radius 2 is 1.71 bits per heavy atom. The molecule has 0 spiro atoms. The van der Waals surface area contributed by atoms with Crippen LogP contribution in [-0.2, 0) is 11.8 Å². The minimum Gasteiger partial charge on any atom is -0.395 e. The maximum absolute atomic E-state index is 13.5. The number of halogens is 2. The third-order valence-electron chi connectivity index (χ3n) is 3.96. The van der Waals surface area contributed by atoms with E-state index in [-0.39, 0.29) is 13.2 Å². The van der Waals surface area contributed by atoms with Gasteiger partial charge in [-0.25, -0.2) is 8.78 Å². The number of hydrogen-bond acceptors (Lipinski definition) is 2. The summed E-state index contributed by atoms with van der Waals surface area (Å²) in [5, 5.41) is 9.84. The highest BCUT2D eigenvalue weighted by Gasteiger charge is 2.32. The van der Waals surface area contributed by atoms with Crippen molar-refractivity contribution in [1.29, 1.82) is 0 Å². The maximum Gasteiger partial charge on any atom is 0.126 e.